The number of imide groups is 1. The molecule has 6 amide bonds. The Morgan fingerprint density at radius 2 is 1.69 bits per heavy atom. The number of hydrogen-bond donors (Lipinski definition) is 4. The van der Waals surface area contributed by atoms with Crippen LogP contribution < -0.4 is 21.3 Å². The van der Waals surface area contributed by atoms with Crippen LogP contribution in [0.2, 0.25) is 0 Å². The molecule has 1 fully saturated rings. The number of nitrogens with one attached hydrogen (secondary N) is 4. The van der Waals surface area contributed by atoms with Crippen LogP contribution in [0.5, 0.6) is 0 Å². The van der Waals surface area contributed by atoms with E-state index in [0.717, 1.165) is 0 Å². The second-order valence-corrected chi connectivity index (χ2v) is 10.8. The molecule has 2 atom stereocenters. The average Bonchev–Trinajstić information content (AvgIpc) is 3.26. The van der Waals surface area contributed by atoms with Crippen LogP contribution in [0.15, 0.2) is 36.0 Å². The van der Waals surface area contributed by atoms with Gasteiger partial charge in [0.05, 0.1) is 6.42 Å². The molecular formula is C28H37N5O8S. The van der Waals surface area contributed by atoms with Crippen molar-refractivity contribution < 1.29 is 38.4 Å². The Morgan fingerprint density at radius 3 is 2.29 bits per heavy atom. The van der Waals surface area contributed by atoms with Gasteiger partial charge in [-0.25, -0.2) is 4.79 Å². The molecule has 0 aromatic heterocycles. The molecule has 0 radical (unpaired) electrons. The molecule has 0 saturated carbocycles. The fourth-order valence-electron chi connectivity index (χ4n) is 3.86. The number of benzene rings is 1. The summed E-state index contributed by atoms with van der Waals surface area (Å²) in [6.07, 6.45) is 3.94. The molecular weight excluding hydrogens is 566 g/mol. The van der Waals surface area contributed by atoms with Crippen molar-refractivity contribution >= 4 is 59.8 Å². The number of carbonyl (C=O) groups is 7. The molecule has 1 saturated heterocycles. The van der Waals surface area contributed by atoms with Crippen molar-refractivity contribution in [3.63, 3.8) is 0 Å². The van der Waals surface area contributed by atoms with Gasteiger partial charge < -0.3 is 26.1 Å². The molecule has 0 spiro atoms. The zero-order chi connectivity index (χ0) is 31.1. The lowest BCUT2D eigenvalue weighted by atomic mass is 10.0. The quantitative estimate of drug-likeness (QED) is 0.113. The summed E-state index contributed by atoms with van der Waals surface area (Å²) in [6, 6.07) is 6.87. The molecule has 1 heterocycles. The van der Waals surface area contributed by atoms with Gasteiger partial charge in [0.2, 0.25) is 18.2 Å². The summed E-state index contributed by atoms with van der Waals surface area (Å²) in [5, 5.41) is 10.7. The number of carbonyl (C=O) groups excluding carboxylic acids is 7. The predicted molar refractivity (Wildman–Crippen MR) is 155 cm³/mol. The molecule has 13 nitrogen and oxygen atoms in total. The second kappa shape index (κ2) is 17.6. The Balaban J connectivity index is 2.13. The van der Waals surface area contributed by atoms with E-state index in [1.165, 1.54) is 17.8 Å². The SMILES string of the molecule is CSCC[C@H](NC=O)C(=O)N[C@@H](CC(C)C)C(=O)N/C(=C/c1ccccc1)C(=O)NCCC(=O)ON1C(=O)CCC1=O. The lowest BCUT2D eigenvalue weighted by Gasteiger charge is -2.24. The van der Waals surface area contributed by atoms with Crippen molar-refractivity contribution in [2.45, 2.75) is 58.0 Å². The highest BCUT2D eigenvalue weighted by Gasteiger charge is 2.33. The minimum Gasteiger partial charge on any atom is -0.350 e. The molecule has 0 aliphatic carbocycles. The third kappa shape index (κ3) is 11.4. The van der Waals surface area contributed by atoms with Crippen LogP contribution in [0, 0.1) is 5.92 Å². The van der Waals surface area contributed by atoms with Gasteiger partial charge in [0, 0.05) is 19.4 Å². The molecule has 1 aliphatic rings. The maximum atomic E-state index is 13.4. The maximum absolute atomic E-state index is 13.4. The Labute approximate surface area is 248 Å². The molecule has 0 bridgehead atoms. The number of thioether (sulfide) groups is 1. The minimum absolute atomic E-state index is 0.000453. The lowest BCUT2D eigenvalue weighted by Crippen LogP contribution is -2.53. The lowest BCUT2D eigenvalue weighted by molar-refractivity contribution is -0.197. The fraction of sp³-hybridized carbons (Fsp3) is 0.464. The van der Waals surface area contributed by atoms with E-state index in [4.69, 9.17) is 4.84 Å². The molecule has 1 aromatic rings. The summed E-state index contributed by atoms with van der Waals surface area (Å²) in [4.78, 5) is 90.6. The van der Waals surface area contributed by atoms with Crippen molar-refractivity contribution in [2.75, 3.05) is 18.6 Å². The van der Waals surface area contributed by atoms with Gasteiger partial charge in [0.15, 0.2) is 0 Å². The normalized spacial score (nSPS) is 14.7. The Hall–Kier alpha value is -4.20. The van der Waals surface area contributed by atoms with Crippen molar-refractivity contribution in [2.24, 2.45) is 5.92 Å². The number of rotatable bonds is 17. The number of hydrogen-bond acceptors (Lipinski definition) is 9. The summed E-state index contributed by atoms with van der Waals surface area (Å²) in [5.74, 6) is -3.40. The standard InChI is InChI=1S/C28H37N5O8S/c1-18(2)15-21(31-27(39)20(30-17-34)12-14-42-3)28(40)32-22(16-19-7-5-4-6-8-19)26(38)29-13-11-25(37)41-33-23(35)9-10-24(33)36/h4-8,16-18,20-21H,9-15H2,1-3H3,(H,29,38)(H,30,34)(H,31,39)(H,32,40)/b22-16+/t20-,21-/m0/s1. The van der Waals surface area contributed by atoms with E-state index in [1.54, 1.807) is 30.3 Å². The molecule has 4 N–H and O–H groups in total. The van der Waals surface area contributed by atoms with E-state index in [9.17, 15) is 33.6 Å². The van der Waals surface area contributed by atoms with Gasteiger partial charge in [-0.1, -0.05) is 44.2 Å². The van der Waals surface area contributed by atoms with Crippen molar-refractivity contribution in [3.8, 4) is 0 Å². The number of amides is 6. The fourth-order valence-corrected chi connectivity index (χ4v) is 4.33. The first kappa shape index (κ1) is 34.0. The van der Waals surface area contributed by atoms with Crippen molar-refractivity contribution in [1.29, 1.82) is 0 Å². The highest BCUT2D eigenvalue weighted by Crippen LogP contribution is 2.13. The van der Waals surface area contributed by atoms with Gasteiger partial charge in [-0.3, -0.25) is 28.8 Å². The van der Waals surface area contributed by atoms with Crippen LogP contribution in [0.4, 0.5) is 0 Å². The van der Waals surface area contributed by atoms with E-state index in [1.807, 2.05) is 20.1 Å². The van der Waals surface area contributed by atoms with Gasteiger partial charge in [0.1, 0.15) is 17.8 Å². The highest BCUT2D eigenvalue weighted by atomic mass is 32.2. The van der Waals surface area contributed by atoms with Crippen LogP contribution in [-0.2, 0) is 38.4 Å². The predicted octanol–water partition coefficient (Wildman–Crippen LogP) is 0.656. The van der Waals surface area contributed by atoms with Crippen LogP contribution >= 0.6 is 11.8 Å². The zero-order valence-electron chi connectivity index (χ0n) is 23.8. The Kier molecular flexibility index (Phi) is 14.2. The van der Waals surface area contributed by atoms with Crippen LogP contribution in [0.1, 0.15) is 51.5 Å². The molecule has 228 valence electrons. The van der Waals surface area contributed by atoms with Crippen LogP contribution in [-0.4, -0.2) is 77.6 Å². The summed E-state index contributed by atoms with van der Waals surface area (Å²) in [5.41, 5.74) is 0.461. The molecule has 1 aromatic carbocycles. The van der Waals surface area contributed by atoms with Crippen molar-refractivity contribution in [1.82, 2.24) is 26.3 Å². The van der Waals surface area contributed by atoms with Gasteiger partial charge in [-0.2, -0.15) is 11.8 Å². The monoisotopic (exact) mass is 603 g/mol. The molecule has 14 heteroatoms. The maximum Gasteiger partial charge on any atom is 0.334 e. The molecule has 0 unspecified atom stereocenters. The van der Waals surface area contributed by atoms with E-state index in [2.05, 4.69) is 21.3 Å². The highest BCUT2D eigenvalue weighted by molar-refractivity contribution is 7.98. The number of nitrogens with zero attached hydrogens (tertiary/aromatic N) is 1. The second-order valence-electron chi connectivity index (χ2n) is 9.82. The van der Waals surface area contributed by atoms with E-state index < -0.39 is 47.6 Å². The Morgan fingerprint density at radius 1 is 1.02 bits per heavy atom. The van der Waals surface area contributed by atoms with Crippen LogP contribution in [0.25, 0.3) is 6.08 Å². The minimum atomic E-state index is -1.01. The first-order chi connectivity index (χ1) is 20.0. The van der Waals surface area contributed by atoms with Gasteiger partial charge in [-0.05, 0) is 42.4 Å². The molecule has 42 heavy (non-hydrogen) atoms. The van der Waals surface area contributed by atoms with Crippen LogP contribution in [0.3, 0.4) is 0 Å². The summed E-state index contributed by atoms with van der Waals surface area (Å²) < 4.78 is 0. The van der Waals surface area contributed by atoms with E-state index in [-0.39, 0.29) is 43.8 Å². The van der Waals surface area contributed by atoms with Gasteiger partial charge in [-0.15, -0.1) is 5.06 Å². The third-order valence-electron chi connectivity index (χ3n) is 5.96. The topological polar surface area (TPSA) is 180 Å². The summed E-state index contributed by atoms with van der Waals surface area (Å²) >= 11 is 1.51. The third-order valence-corrected chi connectivity index (χ3v) is 6.61. The first-order valence-electron chi connectivity index (χ1n) is 13.5. The first-order valence-corrected chi connectivity index (χ1v) is 14.9. The number of hydroxylamine groups is 2. The van der Waals surface area contributed by atoms with E-state index in [0.29, 0.717) is 29.2 Å². The molecule has 1 aliphatic heterocycles. The summed E-state index contributed by atoms with van der Waals surface area (Å²) in [6.45, 7) is 3.53. The molecule has 2 rings (SSSR count). The average molecular weight is 604 g/mol. The van der Waals surface area contributed by atoms with Crippen molar-refractivity contribution in [3.05, 3.63) is 41.6 Å². The summed E-state index contributed by atoms with van der Waals surface area (Å²) in [7, 11) is 0. The van der Waals surface area contributed by atoms with Gasteiger partial charge >= 0.3 is 5.97 Å². The smallest absolute Gasteiger partial charge is 0.334 e. The Bertz CT molecular complexity index is 1160. The van der Waals surface area contributed by atoms with E-state index >= 15 is 0 Å². The zero-order valence-corrected chi connectivity index (χ0v) is 24.7. The van der Waals surface area contributed by atoms with Gasteiger partial charge in [0.25, 0.3) is 17.7 Å². The largest absolute Gasteiger partial charge is 0.350 e.